The van der Waals surface area contributed by atoms with Gasteiger partial charge in [0.2, 0.25) is 0 Å². The Morgan fingerprint density at radius 3 is 2.59 bits per heavy atom. The fourth-order valence-corrected chi connectivity index (χ4v) is 2.78. The molecule has 2 aromatic rings. The normalized spacial score (nSPS) is 10.4. The molecule has 0 aliphatic heterocycles. The zero-order chi connectivity index (χ0) is 12.7. The number of anilines is 2. The van der Waals surface area contributed by atoms with Crippen LogP contribution in [0.2, 0.25) is 0 Å². The first kappa shape index (κ1) is 11.4. The molecular weight excluding hydrogens is 236 g/mol. The lowest BCUT2D eigenvalue weighted by Crippen LogP contribution is -2.05. The van der Waals surface area contributed by atoms with E-state index < -0.39 is 0 Å². The van der Waals surface area contributed by atoms with E-state index in [-0.39, 0.29) is 5.78 Å². The van der Waals surface area contributed by atoms with Gasteiger partial charge in [0.1, 0.15) is 15.8 Å². The Hall–Kier alpha value is -2.13. The number of ketones is 1. The van der Waals surface area contributed by atoms with Crippen LogP contribution in [0, 0.1) is 18.3 Å². The molecule has 0 spiro atoms. The third-order valence-corrected chi connectivity index (χ3v) is 3.55. The molecule has 2 rings (SSSR count). The van der Waals surface area contributed by atoms with E-state index in [4.69, 9.17) is 16.7 Å². The van der Waals surface area contributed by atoms with E-state index in [0.29, 0.717) is 37.7 Å². The molecule has 0 atom stereocenters. The number of carbonyl (C=O) groups excluding carboxylic acids is 1. The Bertz CT molecular complexity index is 681. The average Bonchev–Trinajstić information content (AvgIpc) is 2.54. The first-order valence-electron chi connectivity index (χ1n) is 4.86. The Morgan fingerprint density at radius 1 is 1.41 bits per heavy atom. The summed E-state index contributed by atoms with van der Waals surface area (Å²) in [5, 5.41) is 9.42. The van der Waals surface area contributed by atoms with Crippen molar-refractivity contribution in [1.82, 2.24) is 4.98 Å². The second-order valence-electron chi connectivity index (χ2n) is 3.68. The lowest BCUT2D eigenvalue weighted by atomic mass is 10.1. The van der Waals surface area contributed by atoms with Crippen molar-refractivity contribution in [2.75, 3.05) is 11.5 Å². The van der Waals surface area contributed by atoms with Crippen LogP contribution in [-0.2, 0) is 0 Å². The maximum absolute atomic E-state index is 11.5. The number of thiophene rings is 1. The van der Waals surface area contributed by atoms with E-state index >= 15 is 0 Å². The lowest BCUT2D eigenvalue weighted by Gasteiger charge is -2.07. The van der Waals surface area contributed by atoms with Gasteiger partial charge in [-0.15, -0.1) is 11.3 Å². The predicted octanol–water partition coefficient (Wildman–Crippen LogP) is 1.84. The van der Waals surface area contributed by atoms with Crippen LogP contribution in [0.1, 0.15) is 27.9 Å². The zero-order valence-corrected chi connectivity index (χ0v) is 10.2. The minimum atomic E-state index is -0.154. The smallest absolute Gasteiger partial charge is 0.163 e. The van der Waals surface area contributed by atoms with Gasteiger partial charge in [0, 0.05) is 0 Å². The highest BCUT2D eigenvalue weighted by molar-refractivity contribution is 7.20. The van der Waals surface area contributed by atoms with Crippen LogP contribution in [-0.4, -0.2) is 10.8 Å². The van der Waals surface area contributed by atoms with Crippen molar-refractivity contribution in [3.63, 3.8) is 0 Å². The highest BCUT2D eigenvalue weighted by Crippen LogP contribution is 2.38. The number of aryl methyl sites for hydroxylation is 1. The van der Waals surface area contributed by atoms with Crippen LogP contribution >= 0.6 is 11.3 Å². The summed E-state index contributed by atoms with van der Waals surface area (Å²) in [7, 11) is 0. The standard InChI is InChI=1S/C11H10N4OS/c1-4-7(5(2)16)10(14)8-9(13)6(3-12)17-11(8)15-4/h13H2,1-2H3,(H2,14,15). The van der Waals surface area contributed by atoms with Crippen molar-refractivity contribution in [3.8, 4) is 6.07 Å². The van der Waals surface area contributed by atoms with E-state index in [2.05, 4.69) is 4.98 Å². The molecule has 17 heavy (non-hydrogen) atoms. The largest absolute Gasteiger partial charge is 0.397 e. The van der Waals surface area contributed by atoms with Crippen LogP contribution in [0.15, 0.2) is 0 Å². The molecular formula is C11H10N4OS. The highest BCUT2D eigenvalue weighted by Gasteiger charge is 2.19. The summed E-state index contributed by atoms with van der Waals surface area (Å²) in [5.74, 6) is -0.154. The maximum atomic E-state index is 11.5. The molecule has 86 valence electrons. The number of rotatable bonds is 1. The van der Waals surface area contributed by atoms with Crippen LogP contribution in [0.25, 0.3) is 10.2 Å². The molecule has 0 saturated carbocycles. The van der Waals surface area contributed by atoms with Crippen LogP contribution in [0.3, 0.4) is 0 Å². The summed E-state index contributed by atoms with van der Waals surface area (Å²) < 4.78 is 0. The van der Waals surface area contributed by atoms with Gasteiger partial charge in [-0.3, -0.25) is 4.79 Å². The minimum absolute atomic E-state index is 0.154. The first-order chi connectivity index (χ1) is 7.97. The minimum Gasteiger partial charge on any atom is -0.397 e. The van der Waals surface area contributed by atoms with Gasteiger partial charge in [-0.25, -0.2) is 4.98 Å². The molecule has 0 saturated heterocycles. The number of nitrogens with two attached hydrogens (primary N) is 2. The average molecular weight is 246 g/mol. The van der Waals surface area contributed by atoms with Gasteiger partial charge in [-0.2, -0.15) is 5.26 Å². The number of carbonyl (C=O) groups is 1. The van der Waals surface area contributed by atoms with Gasteiger partial charge >= 0.3 is 0 Å². The number of hydrogen-bond acceptors (Lipinski definition) is 6. The topological polar surface area (TPSA) is 106 Å². The number of aromatic nitrogens is 1. The Kier molecular flexibility index (Phi) is 2.48. The van der Waals surface area contributed by atoms with Crippen molar-refractivity contribution in [2.24, 2.45) is 0 Å². The maximum Gasteiger partial charge on any atom is 0.163 e. The molecule has 4 N–H and O–H groups in total. The second kappa shape index (κ2) is 3.71. The van der Waals surface area contributed by atoms with E-state index in [1.165, 1.54) is 18.3 Å². The van der Waals surface area contributed by atoms with Gasteiger partial charge in [-0.1, -0.05) is 0 Å². The molecule has 0 bridgehead atoms. The Balaban J connectivity index is 2.97. The van der Waals surface area contributed by atoms with Gasteiger partial charge < -0.3 is 11.5 Å². The molecule has 0 radical (unpaired) electrons. The van der Waals surface area contributed by atoms with Gasteiger partial charge in [-0.05, 0) is 13.8 Å². The van der Waals surface area contributed by atoms with Crippen molar-refractivity contribution in [1.29, 1.82) is 5.26 Å². The summed E-state index contributed by atoms with van der Waals surface area (Å²) in [6, 6.07) is 1.99. The van der Waals surface area contributed by atoms with Crippen molar-refractivity contribution >= 4 is 38.7 Å². The van der Waals surface area contributed by atoms with Crippen LogP contribution in [0.5, 0.6) is 0 Å². The van der Waals surface area contributed by atoms with Crippen molar-refractivity contribution < 1.29 is 4.79 Å². The van der Waals surface area contributed by atoms with Crippen LogP contribution in [0.4, 0.5) is 11.4 Å². The van der Waals surface area contributed by atoms with Gasteiger partial charge in [0.15, 0.2) is 5.78 Å². The fraction of sp³-hybridized carbons (Fsp3) is 0.182. The third kappa shape index (κ3) is 1.52. The van der Waals surface area contributed by atoms with E-state index in [0.717, 1.165) is 0 Å². The Labute approximate surface area is 102 Å². The van der Waals surface area contributed by atoms with E-state index in [1.807, 2.05) is 6.07 Å². The van der Waals surface area contributed by atoms with Gasteiger partial charge in [0.25, 0.3) is 0 Å². The summed E-state index contributed by atoms with van der Waals surface area (Å²) in [6.45, 7) is 3.15. The molecule has 0 aliphatic carbocycles. The SMILES string of the molecule is CC(=O)c1c(C)nc2sc(C#N)c(N)c2c1N. The first-order valence-corrected chi connectivity index (χ1v) is 5.68. The zero-order valence-electron chi connectivity index (χ0n) is 9.37. The molecule has 0 aromatic carbocycles. The number of pyridine rings is 1. The van der Waals surface area contributed by atoms with E-state index in [9.17, 15) is 4.79 Å². The molecule has 0 unspecified atom stereocenters. The number of hydrogen-bond donors (Lipinski definition) is 2. The summed E-state index contributed by atoms with van der Waals surface area (Å²) in [6.07, 6.45) is 0. The lowest BCUT2D eigenvalue weighted by molar-refractivity contribution is 0.101. The highest BCUT2D eigenvalue weighted by atomic mass is 32.1. The monoisotopic (exact) mass is 246 g/mol. The number of nitriles is 1. The van der Waals surface area contributed by atoms with Crippen molar-refractivity contribution in [3.05, 3.63) is 16.1 Å². The van der Waals surface area contributed by atoms with Crippen LogP contribution < -0.4 is 11.5 Å². The number of Topliss-reactive ketones (excluding diaryl/α,β-unsaturated/α-hetero) is 1. The molecule has 6 heteroatoms. The van der Waals surface area contributed by atoms with Crippen molar-refractivity contribution in [2.45, 2.75) is 13.8 Å². The fourth-order valence-electron chi connectivity index (χ4n) is 1.83. The second-order valence-corrected chi connectivity index (χ2v) is 4.68. The number of nitrogens with zero attached hydrogens (tertiary/aromatic N) is 2. The summed E-state index contributed by atoms with van der Waals surface area (Å²) in [5.41, 5.74) is 13.3. The molecule has 0 aliphatic rings. The third-order valence-electron chi connectivity index (χ3n) is 2.55. The summed E-state index contributed by atoms with van der Waals surface area (Å²) in [4.78, 5) is 16.7. The number of nitrogen functional groups attached to an aromatic ring is 2. The Morgan fingerprint density at radius 2 is 2.06 bits per heavy atom. The molecule has 5 nitrogen and oxygen atoms in total. The molecule has 0 amide bonds. The molecule has 0 fully saturated rings. The van der Waals surface area contributed by atoms with Gasteiger partial charge in [0.05, 0.1) is 28.0 Å². The molecule has 2 heterocycles. The quantitative estimate of drug-likeness (QED) is 0.747. The predicted molar refractivity (Wildman–Crippen MR) is 67.9 cm³/mol. The summed E-state index contributed by atoms with van der Waals surface area (Å²) >= 11 is 1.18. The van der Waals surface area contributed by atoms with E-state index in [1.54, 1.807) is 6.92 Å². The number of fused-ring (bicyclic) bond motifs is 1. The molecule has 2 aromatic heterocycles.